The van der Waals surface area contributed by atoms with Crippen LogP contribution < -0.4 is 5.32 Å². The molecule has 1 aromatic heterocycles. The van der Waals surface area contributed by atoms with Gasteiger partial charge < -0.3 is 9.88 Å². The van der Waals surface area contributed by atoms with E-state index in [4.69, 9.17) is 0 Å². The van der Waals surface area contributed by atoms with Crippen molar-refractivity contribution in [2.75, 3.05) is 7.05 Å². The molecule has 0 saturated heterocycles. The van der Waals surface area contributed by atoms with Gasteiger partial charge in [0.25, 0.3) is 0 Å². The lowest BCUT2D eigenvalue weighted by molar-refractivity contribution is 0.307. The third-order valence-electron chi connectivity index (χ3n) is 3.95. The molecule has 4 nitrogen and oxygen atoms in total. The van der Waals surface area contributed by atoms with Gasteiger partial charge >= 0.3 is 0 Å². The minimum atomic E-state index is 0.764. The largest absolute Gasteiger partial charge is 0.337 e. The van der Waals surface area contributed by atoms with E-state index < -0.39 is 0 Å². The molecule has 1 saturated carbocycles. The molecule has 21 heavy (non-hydrogen) atoms. The summed E-state index contributed by atoms with van der Waals surface area (Å²) < 4.78 is 2.08. The summed E-state index contributed by atoms with van der Waals surface area (Å²) in [6, 6.07) is 9.64. The Labute approximate surface area is 126 Å². The molecule has 0 unspecified atom stereocenters. The number of imidazole rings is 1. The summed E-state index contributed by atoms with van der Waals surface area (Å²) in [5.41, 5.74) is 2.74. The van der Waals surface area contributed by atoms with E-state index in [1.54, 1.807) is 0 Å². The van der Waals surface area contributed by atoms with Crippen LogP contribution in [0.1, 0.15) is 29.8 Å². The van der Waals surface area contributed by atoms with Gasteiger partial charge in [0.2, 0.25) is 0 Å². The maximum atomic E-state index is 4.38. The second-order valence-electron chi connectivity index (χ2n) is 6.10. The van der Waals surface area contributed by atoms with Crippen LogP contribution in [-0.4, -0.2) is 27.5 Å². The molecule has 1 fully saturated rings. The standard InChI is InChI=1S/C17H24N4/c1-20(13-17-18-8-9-21(17)2)12-15-5-3-4-14(10-15)11-19-16-6-7-16/h3-5,8-10,16,19H,6-7,11-13H2,1-2H3. The minimum absolute atomic E-state index is 0.764. The van der Waals surface area contributed by atoms with Crippen LogP contribution in [0, 0.1) is 0 Å². The number of hydrogen-bond donors (Lipinski definition) is 1. The Morgan fingerprint density at radius 3 is 2.81 bits per heavy atom. The van der Waals surface area contributed by atoms with Gasteiger partial charge in [0, 0.05) is 38.6 Å². The molecule has 1 aliphatic rings. The van der Waals surface area contributed by atoms with Gasteiger partial charge in [-0.1, -0.05) is 24.3 Å². The first-order valence-electron chi connectivity index (χ1n) is 7.66. The Morgan fingerprint density at radius 2 is 2.10 bits per heavy atom. The molecule has 1 aromatic carbocycles. The number of benzene rings is 1. The molecule has 0 amide bonds. The molecule has 4 heteroatoms. The van der Waals surface area contributed by atoms with Crippen LogP contribution in [0.15, 0.2) is 36.7 Å². The number of nitrogens with zero attached hydrogens (tertiary/aromatic N) is 3. The summed E-state index contributed by atoms with van der Waals surface area (Å²) in [5.74, 6) is 1.10. The maximum absolute atomic E-state index is 4.38. The lowest BCUT2D eigenvalue weighted by Gasteiger charge is -2.17. The molecule has 1 aliphatic carbocycles. The van der Waals surface area contributed by atoms with Gasteiger partial charge in [0.05, 0.1) is 6.54 Å². The van der Waals surface area contributed by atoms with Gasteiger partial charge in [0.15, 0.2) is 0 Å². The first-order valence-corrected chi connectivity index (χ1v) is 7.66. The number of aromatic nitrogens is 2. The average molecular weight is 284 g/mol. The molecule has 1 heterocycles. The summed E-state index contributed by atoms with van der Waals surface area (Å²) in [4.78, 5) is 6.68. The summed E-state index contributed by atoms with van der Waals surface area (Å²) in [5, 5.41) is 3.57. The van der Waals surface area contributed by atoms with Gasteiger partial charge in [0.1, 0.15) is 5.82 Å². The Bertz CT molecular complexity index is 586. The van der Waals surface area contributed by atoms with Crippen molar-refractivity contribution in [2.24, 2.45) is 7.05 Å². The fourth-order valence-corrected chi connectivity index (χ4v) is 2.55. The van der Waals surface area contributed by atoms with Gasteiger partial charge in [-0.15, -0.1) is 0 Å². The number of rotatable bonds is 7. The first-order chi connectivity index (χ1) is 10.2. The van der Waals surface area contributed by atoms with E-state index in [1.807, 2.05) is 19.4 Å². The van der Waals surface area contributed by atoms with Crippen LogP contribution in [0.4, 0.5) is 0 Å². The molecule has 112 valence electrons. The van der Waals surface area contributed by atoms with E-state index in [0.29, 0.717) is 0 Å². The van der Waals surface area contributed by atoms with Gasteiger partial charge in [-0.2, -0.15) is 0 Å². The van der Waals surface area contributed by atoms with E-state index in [-0.39, 0.29) is 0 Å². The van der Waals surface area contributed by atoms with Crippen molar-refractivity contribution in [1.82, 2.24) is 19.8 Å². The van der Waals surface area contributed by atoms with Gasteiger partial charge in [-0.3, -0.25) is 4.90 Å². The van der Waals surface area contributed by atoms with E-state index >= 15 is 0 Å². The zero-order valence-electron chi connectivity index (χ0n) is 12.9. The highest BCUT2D eigenvalue weighted by Crippen LogP contribution is 2.19. The molecular weight excluding hydrogens is 260 g/mol. The van der Waals surface area contributed by atoms with Crippen molar-refractivity contribution in [3.05, 3.63) is 53.6 Å². The van der Waals surface area contributed by atoms with Crippen LogP contribution in [0.3, 0.4) is 0 Å². The maximum Gasteiger partial charge on any atom is 0.122 e. The molecule has 2 aromatic rings. The second-order valence-corrected chi connectivity index (χ2v) is 6.10. The summed E-state index contributed by atoms with van der Waals surface area (Å²) in [6.45, 7) is 2.81. The topological polar surface area (TPSA) is 33.1 Å². The lowest BCUT2D eigenvalue weighted by atomic mass is 10.1. The molecule has 0 spiro atoms. The zero-order valence-corrected chi connectivity index (χ0v) is 12.9. The Balaban J connectivity index is 1.55. The van der Waals surface area contributed by atoms with Crippen molar-refractivity contribution in [2.45, 2.75) is 38.5 Å². The summed E-state index contributed by atoms with van der Waals surface area (Å²) in [7, 11) is 4.18. The van der Waals surface area contributed by atoms with E-state index in [2.05, 4.69) is 51.1 Å². The van der Waals surface area contributed by atoms with Crippen LogP contribution >= 0.6 is 0 Å². The van der Waals surface area contributed by atoms with Crippen LogP contribution in [0.2, 0.25) is 0 Å². The third-order valence-corrected chi connectivity index (χ3v) is 3.95. The van der Waals surface area contributed by atoms with E-state index in [9.17, 15) is 0 Å². The van der Waals surface area contributed by atoms with Crippen molar-refractivity contribution < 1.29 is 0 Å². The smallest absolute Gasteiger partial charge is 0.122 e. The summed E-state index contributed by atoms with van der Waals surface area (Å²) in [6.07, 6.45) is 6.53. The molecule has 0 atom stereocenters. The average Bonchev–Trinajstić information content (AvgIpc) is 3.21. The normalized spacial score (nSPS) is 14.8. The monoisotopic (exact) mass is 284 g/mol. The predicted octanol–water partition coefficient (Wildman–Crippen LogP) is 2.30. The lowest BCUT2D eigenvalue weighted by Crippen LogP contribution is -2.20. The Morgan fingerprint density at radius 1 is 1.29 bits per heavy atom. The van der Waals surface area contributed by atoms with Crippen molar-refractivity contribution in [3.8, 4) is 0 Å². The molecule has 3 rings (SSSR count). The van der Waals surface area contributed by atoms with Crippen LogP contribution in [0.5, 0.6) is 0 Å². The molecule has 0 bridgehead atoms. The first kappa shape index (κ1) is 14.3. The highest BCUT2D eigenvalue weighted by Gasteiger charge is 2.19. The molecule has 1 N–H and O–H groups in total. The minimum Gasteiger partial charge on any atom is -0.337 e. The second kappa shape index (κ2) is 6.41. The summed E-state index contributed by atoms with van der Waals surface area (Å²) >= 11 is 0. The highest BCUT2D eigenvalue weighted by atomic mass is 15.1. The SMILES string of the molecule is CN(Cc1cccc(CNC2CC2)c1)Cc1nccn1C. The Kier molecular flexibility index (Phi) is 4.36. The van der Waals surface area contributed by atoms with Crippen molar-refractivity contribution in [3.63, 3.8) is 0 Å². The van der Waals surface area contributed by atoms with E-state index in [0.717, 1.165) is 31.5 Å². The quantitative estimate of drug-likeness (QED) is 0.847. The predicted molar refractivity (Wildman–Crippen MR) is 84.7 cm³/mol. The van der Waals surface area contributed by atoms with E-state index in [1.165, 1.54) is 24.0 Å². The Hall–Kier alpha value is -1.65. The third kappa shape index (κ3) is 4.16. The van der Waals surface area contributed by atoms with Crippen LogP contribution in [0.25, 0.3) is 0 Å². The van der Waals surface area contributed by atoms with Crippen molar-refractivity contribution >= 4 is 0 Å². The number of aryl methyl sites for hydroxylation is 1. The molecular formula is C17H24N4. The molecule has 0 radical (unpaired) electrons. The fourth-order valence-electron chi connectivity index (χ4n) is 2.55. The number of hydrogen-bond acceptors (Lipinski definition) is 3. The van der Waals surface area contributed by atoms with Crippen molar-refractivity contribution in [1.29, 1.82) is 0 Å². The van der Waals surface area contributed by atoms with Gasteiger partial charge in [-0.25, -0.2) is 4.98 Å². The number of nitrogens with one attached hydrogen (secondary N) is 1. The van der Waals surface area contributed by atoms with Gasteiger partial charge in [-0.05, 0) is 31.0 Å². The highest BCUT2D eigenvalue weighted by molar-refractivity contribution is 5.23. The molecule has 0 aliphatic heterocycles. The van der Waals surface area contributed by atoms with Crippen LogP contribution in [-0.2, 0) is 26.7 Å². The fraction of sp³-hybridized carbons (Fsp3) is 0.471. The zero-order chi connectivity index (χ0) is 14.7.